The number of halogens is 3. The van der Waals surface area contributed by atoms with Gasteiger partial charge in [-0.3, -0.25) is 9.59 Å². The molecule has 1 saturated carbocycles. The lowest BCUT2D eigenvalue weighted by molar-refractivity contribution is -0.137. The van der Waals surface area contributed by atoms with Crippen LogP contribution in [0, 0.1) is 11.2 Å². The largest absolute Gasteiger partial charge is 0.339 e. The maximum absolute atomic E-state index is 13.2. The maximum atomic E-state index is 13.2. The van der Waals surface area contributed by atoms with E-state index in [4.69, 9.17) is 23.2 Å². The van der Waals surface area contributed by atoms with Crippen molar-refractivity contribution in [3.8, 4) is 0 Å². The minimum atomic E-state index is -0.987. The molecule has 0 radical (unpaired) electrons. The van der Waals surface area contributed by atoms with Gasteiger partial charge in [-0.1, -0.05) is 6.07 Å². The molecule has 1 aliphatic carbocycles. The van der Waals surface area contributed by atoms with Crippen molar-refractivity contribution in [2.45, 2.75) is 17.7 Å². The fraction of sp³-hybridized carbons (Fsp3) is 0.500. The first-order valence-corrected chi connectivity index (χ1v) is 8.22. The molecule has 23 heavy (non-hydrogen) atoms. The number of nitrogens with zero attached hydrogens (tertiary/aromatic N) is 2. The average molecular weight is 359 g/mol. The first-order chi connectivity index (χ1) is 10.7. The Kier molecular flexibility index (Phi) is 4.05. The summed E-state index contributed by atoms with van der Waals surface area (Å²) < 4.78 is 12.2. The number of carbonyl (C=O) groups is 2. The molecule has 1 saturated heterocycles. The second kappa shape index (κ2) is 5.64. The highest BCUT2D eigenvalue weighted by Gasteiger charge is 2.68. The van der Waals surface area contributed by atoms with Crippen LogP contribution in [0.4, 0.5) is 4.39 Å². The predicted molar refractivity (Wildman–Crippen MR) is 86.0 cm³/mol. The van der Waals surface area contributed by atoms with Gasteiger partial charge in [-0.05, 0) is 31.5 Å². The molecular weight excluding hydrogens is 342 g/mol. The molecule has 1 aromatic rings. The molecule has 0 N–H and O–H groups in total. The number of piperazine rings is 1. The summed E-state index contributed by atoms with van der Waals surface area (Å²) in [6, 6.07) is 5.62. The number of hydrogen-bond donors (Lipinski definition) is 0. The van der Waals surface area contributed by atoms with Crippen molar-refractivity contribution in [3.05, 3.63) is 35.6 Å². The number of rotatable bonds is 2. The molecule has 1 heterocycles. The van der Waals surface area contributed by atoms with Crippen molar-refractivity contribution >= 4 is 35.0 Å². The fourth-order valence-corrected chi connectivity index (χ4v) is 3.59. The molecule has 0 spiro atoms. The third kappa shape index (κ3) is 2.92. The van der Waals surface area contributed by atoms with E-state index in [-0.39, 0.29) is 11.8 Å². The van der Waals surface area contributed by atoms with Gasteiger partial charge in [0, 0.05) is 31.7 Å². The topological polar surface area (TPSA) is 40.6 Å². The van der Waals surface area contributed by atoms with E-state index < -0.39 is 15.6 Å². The summed E-state index contributed by atoms with van der Waals surface area (Å²) in [5.41, 5.74) is -0.412. The summed E-state index contributed by atoms with van der Waals surface area (Å²) in [5.74, 6) is -0.731. The van der Waals surface area contributed by atoms with Crippen LogP contribution in [-0.4, -0.2) is 52.1 Å². The molecule has 3 rings (SSSR count). The minimum absolute atomic E-state index is 0.0691. The monoisotopic (exact) mass is 358 g/mol. The molecule has 124 valence electrons. The molecular formula is C16H17Cl2FN2O2. The normalized spacial score (nSPS) is 26.1. The Labute approximate surface area is 144 Å². The number of benzene rings is 1. The van der Waals surface area contributed by atoms with Crippen molar-refractivity contribution in [3.63, 3.8) is 0 Å². The first kappa shape index (κ1) is 16.5. The second-order valence-corrected chi connectivity index (χ2v) is 7.79. The molecule has 0 aromatic heterocycles. The summed E-state index contributed by atoms with van der Waals surface area (Å²) in [6.45, 7) is 3.45. The molecule has 4 nitrogen and oxygen atoms in total. The van der Waals surface area contributed by atoms with Crippen LogP contribution in [0.2, 0.25) is 0 Å². The van der Waals surface area contributed by atoms with Crippen LogP contribution in [0.1, 0.15) is 23.7 Å². The zero-order valence-electron chi connectivity index (χ0n) is 12.7. The average Bonchev–Trinajstić information content (AvgIpc) is 3.05. The van der Waals surface area contributed by atoms with Crippen LogP contribution < -0.4 is 0 Å². The third-order valence-corrected chi connectivity index (χ3v) is 5.76. The second-order valence-electron chi connectivity index (χ2n) is 6.31. The van der Waals surface area contributed by atoms with Gasteiger partial charge in [0.2, 0.25) is 5.91 Å². The Morgan fingerprint density at radius 3 is 2.22 bits per heavy atom. The zero-order valence-corrected chi connectivity index (χ0v) is 14.2. The van der Waals surface area contributed by atoms with Crippen LogP contribution in [0.15, 0.2) is 24.3 Å². The Hall–Kier alpha value is -1.33. The molecule has 0 bridgehead atoms. The highest BCUT2D eigenvalue weighted by Crippen LogP contribution is 2.64. The van der Waals surface area contributed by atoms with Gasteiger partial charge in [0.1, 0.15) is 10.2 Å². The molecule has 2 fully saturated rings. The Morgan fingerprint density at radius 2 is 1.70 bits per heavy atom. The van der Waals surface area contributed by atoms with Crippen molar-refractivity contribution in [2.24, 2.45) is 5.41 Å². The maximum Gasteiger partial charge on any atom is 0.254 e. The molecule has 1 unspecified atom stereocenters. The van der Waals surface area contributed by atoms with Crippen molar-refractivity contribution in [2.75, 3.05) is 26.2 Å². The van der Waals surface area contributed by atoms with Crippen LogP contribution in [0.5, 0.6) is 0 Å². The van der Waals surface area contributed by atoms with Gasteiger partial charge in [0.15, 0.2) is 0 Å². The number of amides is 2. The summed E-state index contributed by atoms with van der Waals surface area (Å²) in [5, 5.41) is 0. The summed E-state index contributed by atoms with van der Waals surface area (Å²) in [7, 11) is 0. The third-order valence-electron chi connectivity index (χ3n) is 4.66. The van der Waals surface area contributed by atoms with E-state index in [1.54, 1.807) is 22.8 Å². The molecule has 2 amide bonds. The highest BCUT2D eigenvalue weighted by atomic mass is 35.5. The first-order valence-electron chi connectivity index (χ1n) is 7.47. The molecule has 2 aliphatic rings. The van der Waals surface area contributed by atoms with Crippen molar-refractivity contribution in [1.29, 1.82) is 0 Å². The van der Waals surface area contributed by atoms with Gasteiger partial charge in [0.25, 0.3) is 5.91 Å². The van der Waals surface area contributed by atoms with Gasteiger partial charge < -0.3 is 9.80 Å². The number of hydrogen-bond acceptors (Lipinski definition) is 2. The fourth-order valence-electron chi connectivity index (χ4n) is 2.90. The van der Waals surface area contributed by atoms with E-state index in [1.165, 1.54) is 18.2 Å². The zero-order chi connectivity index (χ0) is 16.8. The van der Waals surface area contributed by atoms with E-state index in [2.05, 4.69) is 0 Å². The van der Waals surface area contributed by atoms with Crippen molar-refractivity contribution in [1.82, 2.24) is 9.80 Å². The van der Waals surface area contributed by atoms with E-state index >= 15 is 0 Å². The molecule has 1 atom stereocenters. The van der Waals surface area contributed by atoms with Gasteiger partial charge in [0.05, 0.1) is 5.41 Å². The molecule has 1 aliphatic heterocycles. The highest BCUT2D eigenvalue weighted by molar-refractivity contribution is 6.53. The quantitative estimate of drug-likeness (QED) is 0.762. The summed E-state index contributed by atoms with van der Waals surface area (Å²) in [6.07, 6.45) is 0.449. The standard InChI is InChI=1S/C16H17Cl2FN2O2/c1-15(10-16(15,17)18)14(23)21-7-5-20(6-8-21)13(22)11-3-2-4-12(19)9-11/h2-4,9H,5-8,10H2,1H3. The molecule has 7 heteroatoms. The van der Waals surface area contributed by atoms with E-state index in [1.807, 2.05) is 0 Å². The van der Waals surface area contributed by atoms with Gasteiger partial charge >= 0.3 is 0 Å². The van der Waals surface area contributed by atoms with Crippen LogP contribution >= 0.6 is 23.2 Å². The lowest BCUT2D eigenvalue weighted by Crippen LogP contribution is -2.52. The number of carbonyl (C=O) groups excluding carboxylic acids is 2. The van der Waals surface area contributed by atoms with E-state index in [0.717, 1.165) is 0 Å². The Bertz CT molecular complexity index is 659. The lowest BCUT2D eigenvalue weighted by Gasteiger charge is -2.36. The Morgan fingerprint density at radius 1 is 1.13 bits per heavy atom. The van der Waals surface area contributed by atoms with E-state index in [0.29, 0.717) is 38.2 Å². The lowest BCUT2D eigenvalue weighted by atomic mass is 10.1. The van der Waals surface area contributed by atoms with Crippen LogP contribution in [0.25, 0.3) is 0 Å². The SMILES string of the molecule is CC1(C(=O)N2CCN(C(=O)c3cccc(F)c3)CC2)CC1(Cl)Cl. The minimum Gasteiger partial charge on any atom is -0.339 e. The molecule has 1 aromatic carbocycles. The predicted octanol–water partition coefficient (Wildman–Crippen LogP) is 2.69. The van der Waals surface area contributed by atoms with Crippen LogP contribution in [-0.2, 0) is 4.79 Å². The smallest absolute Gasteiger partial charge is 0.254 e. The van der Waals surface area contributed by atoms with Crippen molar-refractivity contribution < 1.29 is 14.0 Å². The summed E-state index contributed by atoms with van der Waals surface area (Å²) in [4.78, 5) is 28.2. The Balaban J connectivity index is 1.61. The van der Waals surface area contributed by atoms with Gasteiger partial charge in [-0.25, -0.2) is 4.39 Å². The number of alkyl halides is 2. The summed E-state index contributed by atoms with van der Waals surface area (Å²) >= 11 is 12.1. The van der Waals surface area contributed by atoms with Gasteiger partial charge in [-0.2, -0.15) is 0 Å². The van der Waals surface area contributed by atoms with E-state index in [9.17, 15) is 14.0 Å². The van der Waals surface area contributed by atoms with Crippen LogP contribution in [0.3, 0.4) is 0 Å². The van der Waals surface area contributed by atoms with Gasteiger partial charge in [-0.15, -0.1) is 23.2 Å².